The van der Waals surface area contributed by atoms with Gasteiger partial charge in [0, 0.05) is 36.7 Å². The number of hydrogen-bond donors (Lipinski definition) is 0. The van der Waals surface area contributed by atoms with Crippen LogP contribution >= 0.6 is 11.6 Å². The van der Waals surface area contributed by atoms with Crippen LogP contribution in [-0.2, 0) is 11.2 Å². The zero-order chi connectivity index (χ0) is 16.1. The molecule has 23 heavy (non-hydrogen) atoms. The van der Waals surface area contributed by atoms with Crippen LogP contribution in [0.5, 0.6) is 5.88 Å². The Bertz CT molecular complexity index is 666. The average Bonchev–Trinajstić information content (AvgIpc) is 3.02. The second-order valence-corrected chi connectivity index (χ2v) is 6.00. The van der Waals surface area contributed by atoms with E-state index in [1.165, 1.54) is 0 Å². The zero-order valence-corrected chi connectivity index (χ0v) is 13.4. The van der Waals surface area contributed by atoms with Crippen molar-refractivity contribution in [1.29, 1.82) is 0 Å². The Morgan fingerprint density at radius 1 is 1.35 bits per heavy atom. The minimum absolute atomic E-state index is 0.0122. The summed E-state index contributed by atoms with van der Waals surface area (Å²) in [5.74, 6) is 0.654. The molecule has 2 heterocycles. The van der Waals surface area contributed by atoms with Gasteiger partial charge in [-0.05, 0) is 30.2 Å². The monoisotopic (exact) mass is 331 g/mol. The van der Waals surface area contributed by atoms with Crippen LogP contribution < -0.4 is 4.74 Å². The van der Waals surface area contributed by atoms with Crippen LogP contribution in [0.25, 0.3) is 0 Å². The molecule has 6 heteroatoms. The van der Waals surface area contributed by atoms with Gasteiger partial charge in [0.05, 0.1) is 6.54 Å². The van der Waals surface area contributed by atoms with Crippen molar-refractivity contribution < 1.29 is 9.53 Å². The highest BCUT2D eigenvalue weighted by atomic mass is 35.5. The molecule has 3 rings (SSSR count). The Morgan fingerprint density at radius 3 is 3.04 bits per heavy atom. The maximum absolute atomic E-state index is 12.3. The average molecular weight is 332 g/mol. The third-order valence-corrected chi connectivity index (χ3v) is 4.08. The van der Waals surface area contributed by atoms with E-state index in [0.29, 0.717) is 30.3 Å². The fourth-order valence-electron chi connectivity index (χ4n) is 2.67. The number of aromatic nitrogens is 2. The Morgan fingerprint density at radius 2 is 2.26 bits per heavy atom. The van der Waals surface area contributed by atoms with E-state index in [0.717, 1.165) is 18.5 Å². The number of rotatable bonds is 5. The van der Waals surface area contributed by atoms with Gasteiger partial charge >= 0.3 is 0 Å². The van der Waals surface area contributed by atoms with Gasteiger partial charge in [0.1, 0.15) is 6.10 Å². The molecule has 1 aromatic carbocycles. The van der Waals surface area contributed by atoms with Crippen LogP contribution in [-0.4, -0.2) is 40.2 Å². The molecule has 0 spiro atoms. The van der Waals surface area contributed by atoms with Crippen molar-refractivity contribution in [2.24, 2.45) is 0 Å². The van der Waals surface area contributed by atoms with Gasteiger partial charge in [0.25, 0.3) is 0 Å². The Hall–Kier alpha value is -2.14. The summed E-state index contributed by atoms with van der Waals surface area (Å²) in [4.78, 5) is 14.2. The van der Waals surface area contributed by atoms with Gasteiger partial charge in [-0.25, -0.2) is 0 Å². The number of likely N-dealkylation sites (tertiary alicyclic amines) is 1. The van der Waals surface area contributed by atoms with Crippen molar-refractivity contribution in [3.63, 3.8) is 0 Å². The topological polar surface area (TPSA) is 55.3 Å². The molecule has 0 radical (unpaired) electrons. The number of carbonyl (C=O) groups is 1. The maximum atomic E-state index is 12.3. The van der Waals surface area contributed by atoms with Gasteiger partial charge in [-0.15, -0.1) is 5.10 Å². The van der Waals surface area contributed by atoms with Crippen LogP contribution in [0, 0.1) is 0 Å². The quantitative estimate of drug-likeness (QED) is 0.845. The van der Waals surface area contributed by atoms with Crippen LogP contribution in [0.3, 0.4) is 0 Å². The second kappa shape index (κ2) is 7.42. The van der Waals surface area contributed by atoms with E-state index in [1.807, 2.05) is 29.2 Å². The Balaban J connectivity index is 1.47. The van der Waals surface area contributed by atoms with Crippen LogP contribution in [0.15, 0.2) is 42.6 Å². The van der Waals surface area contributed by atoms with Gasteiger partial charge in [-0.1, -0.05) is 23.7 Å². The summed E-state index contributed by atoms with van der Waals surface area (Å²) in [6.07, 6.45) is 3.60. The predicted molar refractivity (Wildman–Crippen MR) is 87.4 cm³/mol. The summed E-state index contributed by atoms with van der Waals surface area (Å²) in [5.41, 5.74) is 1.08. The van der Waals surface area contributed by atoms with E-state index in [4.69, 9.17) is 16.3 Å². The maximum Gasteiger partial charge on any atom is 0.233 e. The molecule has 1 amide bonds. The summed E-state index contributed by atoms with van der Waals surface area (Å²) < 4.78 is 5.75. The SMILES string of the molecule is O=C(CCc1cccc(Cl)c1)N1CC[C@H](Oc2cccnn2)C1. The fourth-order valence-corrected chi connectivity index (χ4v) is 2.89. The lowest BCUT2D eigenvalue weighted by atomic mass is 10.1. The van der Waals surface area contributed by atoms with Crippen molar-refractivity contribution in [2.45, 2.75) is 25.4 Å². The van der Waals surface area contributed by atoms with Crippen LogP contribution in [0.4, 0.5) is 0 Å². The van der Waals surface area contributed by atoms with E-state index in [9.17, 15) is 4.79 Å². The molecule has 1 aliphatic heterocycles. The molecule has 2 aromatic rings. The van der Waals surface area contributed by atoms with E-state index >= 15 is 0 Å². The summed E-state index contributed by atoms with van der Waals surface area (Å²) in [6.45, 7) is 1.32. The number of nitrogens with zero attached hydrogens (tertiary/aromatic N) is 3. The predicted octanol–water partition coefficient (Wildman–Crippen LogP) is 2.74. The van der Waals surface area contributed by atoms with Crippen LogP contribution in [0.1, 0.15) is 18.4 Å². The minimum atomic E-state index is -0.0122. The largest absolute Gasteiger partial charge is 0.471 e. The zero-order valence-electron chi connectivity index (χ0n) is 12.7. The number of ether oxygens (including phenoxy) is 1. The Labute approximate surface area is 140 Å². The van der Waals surface area contributed by atoms with Gasteiger partial charge in [-0.2, -0.15) is 5.10 Å². The molecule has 1 saturated heterocycles. The Kier molecular flexibility index (Phi) is 5.08. The lowest BCUT2D eigenvalue weighted by Crippen LogP contribution is -2.31. The highest BCUT2D eigenvalue weighted by Gasteiger charge is 2.27. The fraction of sp³-hybridized carbons (Fsp3) is 0.353. The standard InChI is InChI=1S/C17H18ClN3O2/c18-14-4-1-3-13(11-14)6-7-17(22)21-10-8-15(12-21)23-16-5-2-9-19-20-16/h1-5,9,11,15H,6-8,10,12H2/t15-/m0/s1. The summed E-state index contributed by atoms with van der Waals surface area (Å²) in [5, 5.41) is 8.40. The lowest BCUT2D eigenvalue weighted by Gasteiger charge is -2.17. The third kappa shape index (κ3) is 4.42. The molecule has 5 nitrogen and oxygen atoms in total. The third-order valence-electron chi connectivity index (χ3n) is 3.85. The molecule has 0 aliphatic carbocycles. The summed E-state index contributed by atoms with van der Waals surface area (Å²) >= 11 is 5.96. The van der Waals surface area contributed by atoms with Crippen LogP contribution in [0.2, 0.25) is 5.02 Å². The van der Waals surface area contributed by atoms with Crippen molar-refractivity contribution in [3.05, 3.63) is 53.2 Å². The second-order valence-electron chi connectivity index (χ2n) is 5.56. The van der Waals surface area contributed by atoms with E-state index in [1.54, 1.807) is 18.3 Å². The van der Waals surface area contributed by atoms with Gasteiger partial charge in [0.2, 0.25) is 11.8 Å². The van der Waals surface area contributed by atoms with Gasteiger partial charge in [-0.3, -0.25) is 4.79 Å². The highest BCUT2D eigenvalue weighted by Crippen LogP contribution is 2.18. The van der Waals surface area contributed by atoms with Crippen molar-refractivity contribution in [1.82, 2.24) is 15.1 Å². The number of benzene rings is 1. The molecule has 1 aliphatic rings. The molecular formula is C17H18ClN3O2. The van der Waals surface area contributed by atoms with Gasteiger partial charge < -0.3 is 9.64 Å². The number of halogens is 1. The number of aryl methyl sites for hydroxylation is 1. The molecule has 1 fully saturated rings. The van der Waals surface area contributed by atoms with E-state index in [-0.39, 0.29) is 12.0 Å². The summed E-state index contributed by atoms with van der Waals surface area (Å²) in [6, 6.07) is 11.2. The van der Waals surface area contributed by atoms with Crippen molar-refractivity contribution in [3.8, 4) is 5.88 Å². The van der Waals surface area contributed by atoms with Crippen molar-refractivity contribution >= 4 is 17.5 Å². The first-order chi connectivity index (χ1) is 11.2. The molecule has 0 bridgehead atoms. The van der Waals surface area contributed by atoms with E-state index < -0.39 is 0 Å². The minimum Gasteiger partial charge on any atom is -0.471 e. The molecule has 1 aromatic heterocycles. The molecular weight excluding hydrogens is 314 g/mol. The molecule has 0 saturated carbocycles. The molecule has 120 valence electrons. The lowest BCUT2D eigenvalue weighted by molar-refractivity contribution is -0.130. The van der Waals surface area contributed by atoms with Gasteiger partial charge in [0.15, 0.2) is 0 Å². The number of carbonyl (C=O) groups excluding carboxylic acids is 1. The number of hydrogen-bond acceptors (Lipinski definition) is 4. The first-order valence-electron chi connectivity index (χ1n) is 7.67. The van der Waals surface area contributed by atoms with Crippen molar-refractivity contribution in [2.75, 3.05) is 13.1 Å². The molecule has 1 atom stereocenters. The summed E-state index contributed by atoms with van der Waals surface area (Å²) in [7, 11) is 0. The smallest absolute Gasteiger partial charge is 0.233 e. The molecule has 0 N–H and O–H groups in total. The number of amides is 1. The molecule has 0 unspecified atom stereocenters. The first kappa shape index (κ1) is 15.7. The first-order valence-corrected chi connectivity index (χ1v) is 8.05. The highest BCUT2D eigenvalue weighted by molar-refractivity contribution is 6.30. The van der Waals surface area contributed by atoms with E-state index in [2.05, 4.69) is 10.2 Å². The normalized spacial score (nSPS) is 17.3.